The van der Waals surface area contributed by atoms with Crippen LogP contribution in [-0.4, -0.2) is 19.1 Å². The molecule has 0 aliphatic rings. The van der Waals surface area contributed by atoms with Crippen LogP contribution in [0.1, 0.15) is 44.6 Å². The summed E-state index contributed by atoms with van der Waals surface area (Å²) in [6.45, 7) is 3.82. The second kappa shape index (κ2) is 10.4. The monoisotopic (exact) mass is 278 g/mol. The van der Waals surface area contributed by atoms with Gasteiger partial charge in [-0.25, -0.2) is 0 Å². The highest BCUT2D eigenvalue weighted by Crippen LogP contribution is 2.14. The van der Waals surface area contributed by atoms with Crippen molar-refractivity contribution in [2.75, 3.05) is 18.5 Å². The molecule has 0 saturated heterocycles. The Morgan fingerprint density at radius 1 is 1.20 bits per heavy atom. The first-order valence-corrected chi connectivity index (χ1v) is 7.43. The summed E-state index contributed by atoms with van der Waals surface area (Å²) >= 11 is 0. The van der Waals surface area contributed by atoms with Crippen LogP contribution in [0.2, 0.25) is 0 Å². The lowest BCUT2D eigenvalue weighted by Crippen LogP contribution is -2.16. The van der Waals surface area contributed by atoms with E-state index >= 15 is 0 Å². The number of nitrogens with two attached hydrogens (primary N) is 1. The van der Waals surface area contributed by atoms with Crippen LogP contribution in [0.15, 0.2) is 24.3 Å². The number of para-hydroxylation sites is 1. The molecule has 1 aromatic carbocycles. The van der Waals surface area contributed by atoms with Crippen molar-refractivity contribution in [1.29, 1.82) is 0 Å². The van der Waals surface area contributed by atoms with E-state index in [2.05, 4.69) is 12.2 Å². The Morgan fingerprint density at radius 3 is 2.75 bits per heavy atom. The predicted molar refractivity (Wildman–Crippen MR) is 82.5 cm³/mol. The Balaban J connectivity index is 2.17. The minimum absolute atomic E-state index is 0.0283. The zero-order chi connectivity index (χ0) is 14.6. The lowest BCUT2D eigenvalue weighted by atomic mass is 10.2. The summed E-state index contributed by atoms with van der Waals surface area (Å²) in [5.41, 5.74) is 7.37. The molecule has 1 rings (SSSR count). The molecule has 0 atom stereocenters. The zero-order valence-corrected chi connectivity index (χ0v) is 12.4. The van der Waals surface area contributed by atoms with E-state index in [0.29, 0.717) is 19.6 Å². The highest BCUT2D eigenvalue weighted by Gasteiger charge is 2.05. The van der Waals surface area contributed by atoms with Crippen LogP contribution in [-0.2, 0) is 16.1 Å². The molecule has 0 aliphatic carbocycles. The van der Waals surface area contributed by atoms with Crippen molar-refractivity contribution >= 4 is 11.6 Å². The van der Waals surface area contributed by atoms with Gasteiger partial charge in [0.15, 0.2) is 0 Å². The maximum absolute atomic E-state index is 11.8. The molecule has 0 saturated carbocycles. The van der Waals surface area contributed by atoms with E-state index in [4.69, 9.17) is 10.5 Å². The van der Waals surface area contributed by atoms with Gasteiger partial charge in [-0.05, 0) is 18.1 Å². The predicted octanol–water partition coefficient (Wildman–Crippen LogP) is 3.07. The van der Waals surface area contributed by atoms with Crippen LogP contribution in [0.25, 0.3) is 0 Å². The van der Waals surface area contributed by atoms with Crippen LogP contribution in [0.4, 0.5) is 5.69 Å². The second-order valence-electron chi connectivity index (χ2n) is 4.83. The molecule has 0 aromatic heterocycles. The third kappa shape index (κ3) is 6.68. The normalized spacial score (nSPS) is 10.5. The first-order chi connectivity index (χ1) is 9.77. The molecule has 0 unspecified atom stereocenters. The van der Waals surface area contributed by atoms with E-state index in [1.807, 2.05) is 24.3 Å². The van der Waals surface area contributed by atoms with E-state index in [1.165, 1.54) is 19.3 Å². The van der Waals surface area contributed by atoms with Gasteiger partial charge in [-0.1, -0.05) is 44.4 Å². The van der Waals surface area contributed by atoms with Crippen molar-refractivity contribution in [3.05, 3.63) is 29.8 Å². The smallest absolute Gasteiger partial charge is 0.226 e. The van der Waals surface area contributed by atoms with Gasteiger partial charge >= 0.3 is 0 Å². The zero-order valence-electron chi connectivity index (χ0n) is 12.4. The molecule has 0 aliphatic heterocycles. The van der Waals surface area contributed by atoms with Crippen molar-refractivity contribution in [3.8, 4) is 0 Å². The molecule has 4 nitrogen and oxygen atoms in total. The van der Waals surface area contributed by atoms with Gasteiger partial charge in [-0.15, -0.1) is 0 Å². The average Bonchev–Trinajstić information content (AvgIpc) is 2.47. The van der Waals surface area contributed by atoms with Crippen LogP contribution in [0.3, 0.4) is 0 Å². The number of hydrogen-bond donors (Lipinski definition) is 2. The molecule has 0 heterocycles. The molecule has 112 valence electrons. The van der Waals surface area contributed by atoms with Crippen LogP contribution in [0.5, 0.6) is 0 Å². The van der Waals surface area contributed by atoms with Gasteiger partial charge in [0.25, 0.3) is 0 Å². The number of unbranched alkanes of at least 4 members (excludes halogenated alkanes) is 3. The summed E-state index contributed by atoms with van der Waals surface area (Å²) in [5.74, 6) is -0.0283. The minimum Gasteiger partial charge on any atom is -0.381 e. The third-order valence-electron chi connectivity index (χ3n) is 3.13. The summed E-state index contributed by atoms with van der Waals surface area (Å²) in [5, 5.41) is 2.87. The second-order valence-corrected chi connectivity index (χ2v) is 4.83. The fraction of sp³-hybridized carbons (Fsp3) is 0.562. The van der Waals surface area contributed by atoms with E-state index in [9.17, 15) is 4.79 Å². The molecule has 3 N–H and O–H groups in total. The van der Waals surface area contributed by atoms with Gasteiger partial charge in [-0.2, -0.15) is 0 Å². The number of carbonyl (C=O) groups excluding carboxylic acids is 1. The lowest BCUT2D eigenvalue weighted by Gasteiger charge is -2.09. The van der Waals surface area contributed by atoms with E-state index in [-0.39, 0.29) is 5.91 Å². The van der Waals surface area contributed by atoms with Gasteiger partial charge in [0, 0.05) is 18.8 Å². The molecule has 1 amide bonds. The third-order valence-corrected chi connectivity index (χ3v) is 3.13. The number of amides is 1. The lowest BCUT2D eigenvalue weighted by molar-refractivity contribution is -0.117. The molecule has 0 radical (unpaired) electrons. The van der Waals surface area contributed by atoms with E-state index < -0.39 is 0 Å². The number of rotatable bonds is 10. The van der Waals surface area contributed by atoms with Crippen LogP contribution in [0, 0.1) is 0 Å². The molecule has 0 fully saturated rings. The molecular formula is C16H26N2O2. The van der Waals surface area contributed by atoms with Crippen molar-refractivity contribution in [1.82, 2.24) is 0 Å². The first-order valence-electron chi connectivity index (χ1n) is 7.43. The van der Waals surface area contributed by atoms with E-state index in [0.717, 1.165) is 24.3 Å². The first kappa shape index (κ1) is 16.7. The van der Waals surface area contributed by atoms with Crippen molar-refractivity contribution in [2.24, 2.45) is 5.73 Å². The quantitative estimate of drug-likeness (QED) is 0.646. The summed E-state index contributed by atoms with van der Waals surface area (Å²) in [6.07, 6.45) is 5.13. The van der Waals surface area contributed by atoms with Crippen molar-refractivity contribution in [2.45, 2.75) is 45.6 Å². The van der Waals surface area contributed by atoms with Gasteiger partial charge in [0.05, 0.1) is 13.0 Å². The standard InChI is InChI=1S/C16H26N2O2/c1-2-3-4-7-11-20-12-10-16(19)18-15-9-6-5-8-14(15)13-17/h5-6,8-9H,2-4,7,10-13,17H2,1H3,(H,18,19). The van der Waals surface area contributed by atoms with Crippen molar-refractivity contribution in [3.63, 3.8) is 0 Å². The molecule has 4 heteroatoms. The number of nitrogens with one attached hydrogen (secondary N) is 1. The molecule has 1 aromatic rings. The van der Waals surface area contributed by atoms with Crippen LogP contribution < -0.4 is 11.1 Å². The van der Waals surface area contributed by atoms with Crippen molar-refractivity contribution < 1.29 is 9.53 Å². The highest BCUT2D eigenvalue weighted by atomic mass is 16.5. The maximum atomic E-state index is 11.8. The Morgan fingerprint density at radius 2 is 2.00 bits per heavy atom. The van der Waals surface area contributed by atoms with Crippen LogP contribution >= 0.6 is 0 Å². The van der Waals surface area contributed by atoms with Gasteiger partial charge < -0.3 is 15.8 Å². The maximum Gasteiger partial charge on any atom is 0.226 e. The molecule has 0 spiro atoms. The van der Waals surface area contributed by atoms with Gasteiger partial charge in [0.2, 0.25) is 5.91 Å². The molecule has 0 bridgehead atoms. The fourth-order valence-electron chi connectivity index (χ4n) is 1.93. The SMILES string of the molecule is CCCCCCOCCC(=O)Nc1ccccc1CN. The largest absolute Gasteiger partial charge is 0.381 e. The van der Waals surface area contributed by atoms with Gasteiger partial charge in [0.1, 0.15) is 0 Å². The molecular weight excluding hydrogens is 252 g/mol. The number of hydrogen-bond acceptors (Lipinski definition) is 3. The van der Waals surface area contributed by atoms with E-state index in [1.54, 1.807) is 0 Å². The summed E-state index contributed by atoms with van der Waals surface area (Å²) in [6, 6.07) is 7.59. The average molecular weight is 278 g/mol. The number of anilines is 1. The number of ether oxygens (including phenoxy) is 1. The Kier molecular flexibility index (Phi) is 8.67. The number of benzene rings is 1. The Bertz CT molecular complexity index is 394. The Hall–Kier alpha value is -1.39. The molecule has 20 heavy (non-hydrogen) atoms. The fourth-order valence-corrected chi connectivity index (χ4v) is 1.93. The Labute approximate surface area is 121 Å². The summed E-state index contributed by atoms with van der Waals surface area (Å²) in [4.78, 5) is 11.8. The van der Waals surface area contributed by atoms with Gasteiger partial charge in [-0.3, -0.25) is 4.79 Å². The number of carbonyl (C=O) groups is 1. The topological polar surface area (TPSA) is 64.3 Å². The minimum atomic E-state index is -0.0283. The highest BCUT2D eigenvalue weighted by molar-refractivity contribution is 5.91. The summed E-state index contributed by atoms with van der Waals surface area (Å²) in [7, 11) is 0. The summed E-state index contributed by atoms with van der Waals surface area (Å²) < 4.78 is 5.46.